The van der Waals surface area contributed by atoms with Crippen LogP contribution in [0.25, 0.3) is 0 Å². The lowest BCUT2D eigenvalue weighted by molar-refractivity contribution is 0.872. The van der Waals surface area contributed by atoms with E-state index in [1.165, 1.54) is 0 Å². The van der Waals surface area contributed by atoms with E-state index in [1.807, 2.05) is 39.0 Å². The van der Waals surface area contributed by atoms with Crippen molar-refractivity contribution in [1.29, 1.82) is 0 Å². The molecule has 0 aliphatic carbocycles. The molecule has 0 saturated carbocycles. The summed E-state index contributed by atoms with van der Waals surface area (Å²) >= 11 is 3.41. The lowest BCUT2D eigenvalue weighted by atomic mass is 10.2. The van der Waals surface area contributed by atoms with E-state index in [2.05, 4.69) is 20.9 Å². The molecule has 0 saturated heterocycles. The van der Waals surface area contributed by atoms with E-state index in [9.17, 15) is 0 Å². The number of nitrogens with two attached hydrogens (primary N) is 1. The maximum Gasteiger partial charge on any atom is 0.102 e. The Labute approximate surface area is 93.4 Å². The first-order valence-corrected chi connectivity index (χ1v) is 5.40. The van der Waals surface area contributed by atoms with Crippen LogP contribution in [0.15, 0.2) is 27.7 Å². The highest BCUT2D eigenvalue weighted by atomic mass is 79.9. The van der Waals surface area contributed by atoms with Crippen LogP contribution >= 0.6 is 15.9 Å². The lowest BCUT2D eigenvalue weighted by Crippen LogP contribution is -2.18. The van der Waals surface area contributed by atoms with Crippen molar-refractivity contribution in [3.05, 3.63) is 28.2 Å². The van der Waals surface area contributed by atoms with Crippen LogP contribution in [-0.2, 0) is 0 Å². The molecule has 1 aromatic rings. The van der Waals surface area contributed by atoms with Gasteiger partial charge in [0.15, 0.2) is 0 Å². The van der Waals surface area contributed by atoms with Gasteiger partial charge in [0.1, 0.15) is 5.84 Å². The van der Waals surface area contributed by atoms with Crippen LogP contribution in [0.3, 0.4) is 0 Å². The zero-order valence-corrected chi connectivity index (χ0v) is 10.3. The molecule has 0 amide bonds. The zero-order valence-electron chi connectivity index (χ0n) is 8.71. The van der Waals surface area contributed by atoms with Crippen molar-refractivity contribution in [3.8, 4) is 0 Å². The minimum atomic E-state index is 0.290. The van der Waals surface area contributed by atoms with Gasteiger partial charge in [0.25, 0.3) is 0 Å². The Morgan fingerprint density at radius 1 is 1.43 bits per heavy atom. The Hall–Kier alpha value is -0.830. The monoisotopic (exact) mass is 254 g/mol. The van der Waals surface area contributed by atoms with Gasteiger partial charge in [0, 0.05) is 10.4 Å². The highest BCUT2D eigenvalue weighted by Crippen LogP contribution is 2.22. The Bertz CT molecular complexity index is 356. The van der Waals surface area contributed by atoms with Gasteiger partial charge in [-0.3, -0.25) is 0 Å². The summed E-state index contributed by atoms with van der Waals surface area (Å²) in [5.74, 6) is 0.966. The van der Waals surface area contributed by atoms with Gasteiger partial charge in [0.05, 0.1) is 5.69 Å². The highest BCUT2D eigenvalue weighted by Gasteiger charge is 2.01. The molecule has 0 radical (unpaired) electrons. The van der Waals surface area contributed by atoms with Crippen LogP contribution in [0, 0.1) is 12.8 Å². The smallest absolute Gasteiger partial charge is 0.102 e. The Morgan fingerprint density at radius 3 is 2.57 bits per heavy atom. The van der Waals surface area contributed by atoms with E-state index in [1.54, 1.807) is 0 Å². The fraction of sp³-hybridized carbons (Fsp3) is 0.364. The van der Waals surface area contributed by atoms with Crippen molar-refractivity contribution >= 4 is 27.5 Å². The summed E-state index contributed by atoms with van der Waals surface area (Å²) in [6.07, 6.45) is 0. The summed E-state index contributed by atoms with van der Waals surface area (Å²) < 4.78 is 1.07. The molecule has 0 aliphatic rings. The maximum absolute atomic E-state index is 5.79. The van der Waals surface area contributed by atoms with Gasteiger partial charge in [-0.1, -0.05) is 29.8 Å². The van der Waals surface area contributed by atoms with Gasteiger partial charge >= 0.3 is 0 Å². The molecule has 1 aromatic carbocycles. The highest BCUT2D eigenvalue weighted by molar-refractivity contribution is 9.10. The molecule has 2 nitrogen and oxygen atoms in total. The van der Waals surface area contributed by atoms with Gasteiger partial charge in [-0.25, -0.2) is 4.99 Å². The summed E-state index contributed by atoms with van der Waals surface area (Å²) in [6, 6.07) is 5.97. The molecule has 0 spiro atoms. The topological polar surface area (TPSA) is 38.4 Å². The number of hydrogen-bond donors (Lipinski definition) is 1. The first-order chi connectivity index (χ1) is 6.50. The van der Waals surface area contributed by atoms with E-state index in [0.717, 1.165) is 15.7 Å². The first-order valence-electron chi connectivity index (χ1n) is 4.61. The van der Waals surface area contributed by atoms with Crippen molar-refractivity contribution in [2.45, 2.75) is 20.8 Å². The molecule has 0 bridgehead atoms. The number of hydrogen-bond acceptors (Lipinski definition) is 1. The van der Waals surface area contributed by atoms with Gasteiger partial charge in [-0.05, 0) is 30.7 Å². The SMILES string of the molecule is Cc1cc(Br)ccc1N=C(N)C(C)C. The third-order valence-electron chi connectivity index (χ3n) is 2.00. The minimum Gasteiger partial charge on any atom is -0.387 e. The van der Waals surface area contributed by atoms with Gasteiger partial charge in [-0.2, -0.15) is 0 Å². The number of aliphatic imine (C=N–C) groups is 1. The number of nitrogens with zero attached hydrogens (tertiary/aromatic N) is 1. The van der Waals surface area contributed by atoms with Crippen molar-refractivity contribution in [2.75, 3.05) is 0 Å². The molecule has 3 heteroatoms. The van der Waals surface area contributed by atoms with Crippen molar-refractivity contribution in [3.63, 3.8) is 0 Å². The predicted molar refractivity (Wildman–Crippen MR) is 65.0 cm³/mol. The second kappa shape index (κ2) is 4.60. The van der Waals surface area contributed by atoms with Gasteiger partial charge in [0.2, 0.25) is 0 Å². The van der Waals surface area contributed by atoms with E-state index in [0.29, 0.717) is 5.84 Å². The van der Waals surface area contributed by atoms with E-state index in [-0.39, 0.29) is 5.92 Å². The Balaban J connectivity index is 3.03. The molecule has 1 rings (SSSR count). The van der Waals surface area contributed by atoms with Crippen LogP contribution < -0.4 is 5.73 Å². The Kier molecular flexibility index (Phi) is 3.69. The van der Waals surface area contributed by atoms with Crippen molar-refractivity contribution in [1.82, 2.24) is 0 Å². The number of halogens is 1. The molecule has 0 unspecified atom stereocenters. The predicted octanol–water partition coefficient (Wildman–Crippen LogP) is 3.40. The molecule has 0 aromatic heterocycles. The molecule has 14 heavy (non-hydrogen) atoms. The van der Waals surface area contributed by atoms with E-state index < -0.39 is 0 Å². The summed E-state index contributed by atoms with van der Waals surface area (Å²) in [5, 5.41) is 0. The summed E-state index contributed by atoms with van der Waals surface area (Å²) in [4.78, 5) is 4.37. The fourth-order valence-corrected chi connectivity index (χ4v) is 1.49. The maximum atomic E-state index is 5.79. The van der Waals surface area contributed by atoms with Crippen molar-refractivity contribution < 1.29 is 0 Å². The minimum absolute atomic E-state index is 0.290. The number of aryl methyl sites for hydroxylation is 1. The molecule has 76 valence electrons. The summed E-state index contributed by atoms with van der Waals surface area (Å²) in [7, 11) is 0. The fourth-order valence-electron chi connectivity index (χ4n) is 1.01. The lowest BCUT2D eigenvalue weighted by Gasteiger charge is -2.06. The molecule has 0 aliphatic heterocycles. The number of benzene rings is 1. The van der Waals surface area contributed by atoms with Crippen LogP contribution in [0.1, 0.15) is 19.4 Å². The second-order valence-electron chi connectivity index (χ2n) is 3.62. The molecule has 2 N–H and O–H groups in total. The van der Waals surface area contributed by atoms with Gasteiger partial charge < -0.3 is 5.73 Å². The average Bonchev–Trinajstić information content (AvgIpc) is 2.09. The molecule has 0 heterocycles. The second-order valence-corrected chi connectivity index (χ2v) is 4.54. The van der Waals surface area contributed by atoms with Crippen LogP contribution in [0.5, 0.6) is 0 Å². The standard InChI is InChI=1S/C11H15BrN2/c1-7(2)11(13)14-10-5-4-9(12)6-8(10)3/h4-7H,1-3H3,(H2,13,14). The van der Waals surface area contributed by atoms with Crippen LogP contribution in [0.4, 0.5) is 5.69 Å². The molecule has 0 atom stereocenters. The van der Waals surface area contributed by atoms with E-state index in [4.69, 9.17) is 5.73 Å². The van der Waals surface area contributed by atoms with E-state index >= 15 is 0 Å². The largest absolute Gasteiger partial charge is 0.387 e. The van der Waals surface area contributed by atoms with Crippen LogP contribution in [-0.4, -0.2) is 5.84 Å². The average molecular weight is 255 g/mol. The number of rotatable bonds is 2. The quantitative estimate of drug-likeness (QED) is 0.638. The normalized spacial score (nSPS) is 12.2. The zero-order chi connectivity index (χ0) is 10.7. The molecular weight excluding hydrogens is 240 g/mol. The summed E-state index contributed by atoms with van der Waals surface area (Å²) in [5.41, 5.74) is 7.87. The summed E-state index contributed by atoms with van der Waals surface area (Å²) in [6.45, 7) is 6.09. The molecular formula is C11H15BrN2. The van der Waals surface area contributed by atoms with Crippen LogP contribution in [0.2, 0.25) is 0 Å². The third-order valence-corrected chi connectivity index (χ3v) is 2.49. The molecule has 0 fully saturated rings. The third kappa shape index (κ3) is 2.84. The van der Waals surface area contributed by atoms with Gasteiger partial charge in [-0.15, -0.1) is 0 Å². The first kappa shape index (κ1) is 11.2. The van der Waals surface area contributed by atoms with Crippen molar-refractivity contribution in [2.24, 2.45) is 16.6 Å². The Morgan fingerprint density at radius 2 is 2.07 bits per heavy atom. The number of amidine groups is 1.